The molecule has 1 aromatic heterocycles. The fourth-order valence-corrected chi connectivity index (χ4v) is 2.52. The van der Waals surface area contributed by atoms with E-state index in [2.05, 4.69) is 37.9 Å². The van der Waals surface area contributed by atoms with E-state index in [9.17, 15) is 0 Å². The first-order chi connectivity index (χ1) is 9.08. The minimum absolute atomic E-state index is 0.487. The normalized spacial score (nSPS) is 16.2. The fourth-order valence-electron chi connectivity index (χ4n) is 2.52. The van der Waals surface area contributed by atoms with Gasteiger partial charge in [0.25, 0.3) is 0 Å². The average molecular weight is 262 g/mol. The van der Waals surface area contributed by atoms with Gasteiger partial charge in [0, 0.05) is 42.6 Å². The Kier molecular flexibility index (Phi) is 4.75. The first-order valence-corrected chi connectivity index (χ1v) is 7.40. The lowest BCUT2D eigenvalue weighted by molar-refractivity contribution is 0.562. The molecule has 1 aromatic rings. The summed E-state index contributed by atoms with van der Waals surface area (Å²) >= 11 is 0. The molecule has 0 radical (unpaired) electrons. The second-order valence-electron chi connectivity index (χ2n) is 5.76. The summed E-state index contributed by atoms with van der Waals surface area (Å²) in [5, 5.41) is 3.45. The zero-order valence-electron chi connectivity index (χ0n) is 12.7. The van der Waals surface area contributed by atoms with Gasteiger partial charge in [-0.15, -0.1) is 0 Å². The largest absolute Gasteiger partial charge is 0.341 e. The summed E-state index contributed by atoms with van der Waals surface area (Å²) in [6.07, 6.45) is 3.86. The molecule has 1 aliphatic rings. The molecule has 0 atom stereocenters. The van der Waals surface area contributed by atoms with Crippen molar-refractivity contribution >= 4 is 5.95 Å². The van der Waals surface area contributed by atoms with Crippen LogP contribution in [0.4, 0.5) is 5.95 Å². The summed E-state index contributed by atoms with van der Waals surface area (Å²) in [6, 6.07) is 0.487. The zero-order chi connectivity index (χ0) is 13.8. The van der Waals surface area contributed by atoms with Crippen molar-refractivity contribution in [2.45, 2.75) is 59.5 Å². The van der Waals surface area contributed by atoms with Crippen molar-refractivity contribution in [2.75, 3.05) is 18.0 Å². The number of nitrogens with one attached hydrogen (secondary N) is 1. The van der Waals surface area contributed by atoms with Gasteiger partial charge in [0.15, 0.2) is 0 Å². The monoisotopic (exact) mass is 262 g/mol. The third kappa shape index (κ3) is 3.66. The maximum absolute atomic E-state index is 4.71. The summed E-state index contributed by atoms with van der Waals surface area (Å²) in [6.45, 7) is 11.6. The minimum Gasteiger partial charge on any atom is -0.341 e. The predicted octanol–water partition coefficient (Wildman–Crippen LogP) is 2.58. The van der Waals surface area contributed by atoms with Crippen molar-refractivity contribution in [1.29, 1.82) is 0 Å². The van der Waals surface area contributed by atoms with Gasteiger partial charge < -0.3 is 10.2 Å². The second kappa shape index (κ2) is 6.33. The van der Waals surface area contributed by atoms with Crippen molar-refractivity contribution in [1.82, 2.24) is 15.3 Å². The molecule has 0 saturated carbocycles. The highest BCUT2D eigenvalue weighted by Gasteiger charge is 2.16. The topological polar surface area (TPSA) is 41.1 Å². The van der Waals surface area contributed by atoms with Crippen LogP contribution in [0.1, 0.15) is 50.1 Å². The van der Waals surface area contributed by atoms with Crippen LogP contribution in [0.5, 0.6) is 0 Å². The first-order valence-electron chi connectivity index (χ1n) is 7.40. The summed E-state index contributed by atoms with van der Waals surface area (Å²) in [7, 11) is 0. The van der Waals surface area contributed by atoms with Crippen LogP contribution in [0.15, 0.2) is 0 Å². The van der Waals surface area contributed by atoms with Gasteiger partial charge >= 0.3 is 0 Å². The van der Waals surface area contributed by atoms with Gasteiger partial charge in [0.05, 0.1) is 0 Å². The van der Waals surface area contributed by atoms with Crippen LogP contribution in [0.25, 0.3) is 0 Å². The number of aromatic nitrogens is 2. The molecule has 1 aliphatic heterocycles. The molecule has 0 amide bonds. The van der Waals surface area contributed by atoms with Crippen LogP contribution in [-0.2, 0) is 6.54 Å². The number of piperidine rings is 1. The highest BCUT2D eigenvalue weighted by molar-refractivity contribution is 5.36. The van der Waals surface area contributed by atoms with Gasteiger partial charge in [-0.25, -0.2) is 9.97 Å². The van der Waals surface area contributed by atoms with Crippen LogP contribution >= 0.6 is 0 Å². The minimum atomic E-state index is 0.487. The van der Waals surface area contributed by atoms with Crippen molar-refractivity contribution in [3.63, 3.8) is 0 Å². The van der Waals surface area contributed by atoms with Crippen molar-refractivity contribution in [3.8, 4) is 0 Å². The standard InChI is InChI=1S/C15H26N4/c1-11(2)16-10-14-12(3)17-15(18-13(14)4)19-8-6-5-7-9-19/h11,16H,5-10H2,1-4H3. The molecule has 1 fully saturated rings. The van der Waals surface area contributed by atoms with Gasteiger partial charge in [0.2, 0.25) is 5.95 Å². The highest BCUT2D eigenvalue weighted by atomic mass is 15.3. The molecule has 0 unspecified atom stereocenters. The van der Waals surface area contributed by atoms with Gasteiger partial charge in [-0.2, -0.15) is 0 Å². The lowest BCUT2D eigenvalue weighted by Crippen LogP contribution is -2.32. The Morgan fingerprint density at radius 1 is 1.05 bits per heavy atom. The Labute approximate surface area is 116 Å². The Bertz CT molecular complexity index is 399. The molecule has 0 aliphatic carbocycles. The van der Waals surface area contributed by atoms with E-state index in [-0.39, 0.29) is 0 Å². The van der Waals surface area contributed by atoms with Gasteiger partial charge in [-0.1, -0.05) is 13.8 Å². The molecule has 2 heterocycles. The number of anilines is 1. The van der Waals surface area contributed by atoms with Crippen LogP contribution in [-0.4, -0.2) is 29.1 Å². The smallest absolute Gasteiger partial charge is 0.225 e. The highest BCUT2D eigenvalue weighted by Crippen LogP contribution is 2.19. The molecular formula is C15H26N4. The van der Waals surface area contributed by atoms with E-state index < -0.39 is 0 Å². The van der Waals surface area contributed by atoms with Crippen LogP contribution in [0, 0.1) is 13.8 Å². The summed E-state index contributed by atoms with van der Waals surface area (Å²) in [5.74, 6) is 0.919. The Hall–Kier alpha value is -1.16. The van der Waals surface area contributed by atoms with Crippen molar-refractivity contribution < 1.29 is 0 Å². The van der Waals surface area contributed by atoms with Gasteiger partial charge in [-0.3, -0.25) is 0 Å². The lowest BCUT2D eigenvalue weighted by Gasteiger charge is -2.27. The van der Waals surface area contributed by atoms with E-state index in [0.29, 0.717) is 6.04 Å². The molecule has 4 nitrogen and oxygen atoms in total. The van der Waals surface area contributed by atoms with E-state index in [1.54, 1.807) is 0 Å². The molecule has 106 valence electrons. The molecule has 19 heavy (non-hydrogen) atoms. The van der Waals surface area contributed by atoms with Crippen LogP contribution < -0.4 is 10.2 Å². The quantitative estimate of drug-likeness (QED) is 0.905. The van der Waals surface area contributed by atoms with E-state index in [1.165, 1.54) is 24.8 Å². The number of hydrogen-bond donors (Lipinski definition) is 1. The molecule has 1 saturated heterocycles. The van der Waals surface area contributed by atoms with Gasteiger partial charge in [-0.05, 0) is 33.1 Å². The van der Waals surface area contributed by atoms with Gasteiger partial charge in [0.1, 0.15) is 0 Å². The molecule has 0 spiro atoms. The summed E-state index contributed by atoms with van der Waals surface area (Å²) in [4.78, 5) is 11.7. The van der Waals surface area contributed by atoms with Crippen LogP contribution in [0.3, 0.4) is 0 Å². The number of aryl methyl sites for hydroxylation is 2. The molecule has 2 rings (SSSR count). The third-order valence-electron chi connectivity index (χ3n) is 3.73. The maximum atomic E-state index is 4.71. The first kappa shape index (κ1) is 14.3. The fraction of sp³-hybridized carbons (Fsp3) is 0.733. The van der Waals surface area contributed by atoms with Crippen molar-refractivity contribution in [3.05, 3.63) is 17.0 Å². The number of rotatable bonds is 4. The SMILES string of the molecule is Cc1nc(N2CCCCC2)nc(C)c1CNC(C)C. The Morgan fingerprint density at radius 2 is 1.63 bits per heavy atom. The van der Waals surface area contributed by atoms with E-state index in [4.69, 9.17) is 9.97 Å². The van der Waals surface area contributed by atoms with Crippen LogP contribution in [0.2, 0.25) is 0 Å². The zero-order valence-corrected chi connectivity index (χ0v) is 12.7. The Morgan fingerprint density at radius 3 is 2.16 bits per heavy atom. The van der Waals surface area contributed by atoms with E-state index in [0.717, 1.165) is 37.0 Å². The maximum Gasteiger partial charge on any atom is 0.225 e. The van der Waals surface area contributed by atoms with Crippen molar-refractivity contribution in [2.24, 2.45) is 0 Å². The van der Waals surface area contributed by atoms with E-state index in [1.807, 2.05) is 0 Å². The molecular weight excluding hydrogens is 236 g/mol. The Balaban J connectivity index is 2.15. The molecule has 0 aromatic carbocycles. The summed E-state index contributed by atoms with van der Waals surface area (Å²) in [5.41, 5.74) is 3.47. The molecule has 4 heteroatoms. The molecule has 0 bridgehead atoms. The second-order valence-corrected chi connectivity index (χ2v) is 5.76. The summed E-state index contributed by atoms with van der Waals surface area (Å²) < 4.78 is 0. The third-order valence-corrected chi connectivity index (χ3v) is 3.73. The number of nitrogens with zero attached hydrogens (tertiary/aromatic N) is 3. The molecule has 1 N–H and O–H groups in total. The average Bonchev–Trinajstić information content (AvgIpc) is 2.38. The van der Waals surface area contributed by atoms with E-state index >= 15 is 0 Å². The lowest BCUT2D eigenvalue weighted by atomic mass is 10.1. The number of hydrogen-bond acceptors (Lipinski definition) is 4. The predicted molar refractivity (Wildman–Crippen MR) is 79.5 cm³/mol.